The van der Waals surface area contributed by atoms with Gasteiger partial charge >= 0.3 is 0 Å². The molecule has 0 unspecified atom stereocenters. The van der Waals surface area contributed by atoms with Gasteiger partial charge in [0.15, 0.2) is 9.84 Å². The Labute approximate surface area is 118 Å². The zero-order chi connectivity index (χ0) is 14.2. The lowest BCUT2D eigenvalue weighted by Crippen LogP contribution is -1.97. The van der Waals surface area contributed by atoms with Crippen LogP contribution in [0.15, 0.2) is 47.4 Å². The molecular weight excluding hydrogens is 256 g/mol. The molecule has 0 aromatic heterocycles. The second kappa shape index (κ2) is 9.56. The second-order valence-corrected chi connectivity index (χ2v) is 5.23. The molecule has 0 heterocycles. The summed E-state index contributed by atoms with van der Waals surface area (Å²) in [5.41, 5.74) is 0. The molecule has 0 radical (unpaired) electrons. The van der Waals surface area contributed by atoms with Gasteiger partial charge in [-0.1, -0.05) is 71.5 Å². The molecule has 2 nitrogen and oxygen atoms in total. The van der Waals surface area contributed by atoms with Gasteiger partial charge in [-0.05, 0) is 11.5 Å². The van der Waals surface area contributed by atoms with E-state index in [0.29, 0.717) is 4.90 Å². The smallest absolute Gasteiger partial charge is 0.176 e. The molecule has 19 heavy (non-hydrogen) atoms. The third-order valence-corrected chi connectivity index (χ3v) is 3.30. The molecule has 0 saturated carbocycles. The number of rotatable bonds is 1. The first-order valence-electron chi connectivity index (χ1n) is 6.27. The molecule has 0 aliphatic carbocycles. The molecule has 2 aromatic rings. The maximum absolute atomic E-state index is 11.4. The zero-order valence-electron chi connectivity index (χ0n) is 11.8. The molecule has 0 spiro atoms. The fourth-order valence-corrected chi connectivity index (χ4v) is 2.43. The van der Waals surface area contributed by atoms with Crippen LogP contribution in [0.25, 0.3) is 10.8 Å². The summed E-state index contributed by atoms with van der Waals surface area (Å²) in [6.45, 7) is 8.00. The van der Waals surface area contributed by atoms with Crippen LogP contribution in [0.5, 0.6) is 0 Å². The zero-order valence-corrected chi connectivity index (χ0v) is 12.6. The summed E-state index contributed by atoms with van der Waals surface area (Å²) in [7, 11) is -3.13. The van der Waals surface area contributed by atoms with Gasteiger partial charge in [-0.3, -0.25) is 0 Å². The van der Waals surface area contributed by atoms with Crippen LogP contribution in [0, 0.1) is 0 Å². The highest BCUT2D eigenvalue weighted by molar-refractivity contribution is 7.91. The third-order valence-electron chi connectivity index (χ3n) is 2.15. The minimum absolute atomic E-state index is 0. The maximum Gasteiger partial charge on any atom is 0.176 e. The SMILES string of the molecule is C.CC.CC.CS(=O)(=O)c1cccc2ccccc12. The Kier molecular flexibility index (Phi) is 10.1. The number of sulfone groups is 1. The Balaban J connectivity index is 0. The Morgan fingerprint density at radius 3 is 1.79 bits per heavy atom. The van der Waals surface area contributed by atoms with E-state index < -0.39 is 9.84 Å². The van der Waals surface area contributed by atoms with Crippen LogP contribution in [0.3, 0.4) is 0 Å². The molecule has 0 aliphatic heterocycles. The normalized spacial score (nSPS) is 9.32. The summed E-state index contributed by atoms with van der Waals surface area (Å²) >= 11 is 0. The maximum atomic E-state index is 11.4. The highest BCUT2D eigenvalue weighted by Crippen LogP contribution is 2.22. The van der Waals surface area contributed by atoms with Crippen molar-refractivity contribution >= 4 is 20.6 Å². The molecule has 2 aromatic carbocycles. The summed E-state index contributed by atoms with van der Waals surface area (Å²) in [6.07, 6.45) is 1.23. The van der Waals surface area contributed by atoms with Crippen LogP contribution in [0.4, 0.5) is 0 Å². The number of benzene rings is 2. The summed E-state index contributed by atoms with van der Waals surface area (Å²) in [5.74, 6) is 0. The Morgan fingerprint density at radius 1 is 0.789 bits per heavy atom. The van der Waals surface area contributed by atoms with Crippen molar-refractivity contribution in [3.8, 4) is 0 Å². The monoisotopic (exact) mass is 282 g/mol. The van der Waals surface area contributed by atoms with Crippen molar-refractivity contribution in [3.05, 3.63) is 42.5 Å². The largest absolute Gasteiger partial charge is 0.224 e. The van der Waals surface area contributed by atoms with Crippen LogP contribution in [0.2, 0.25) is 0 Å². The topological polar surface area (TPSA) is 34.1 Å². The van der Waals surface area contributed by atoms with Crippen LogP contribution in [-0.4, -0.2) is 14.7 Å². The van der Waals surface area contributed by atoms with Gasteiger partial charge in [-0.2, -0.15) is 0 Å². The number of hydrogen-bond donors (Lipinski definition) is 0. The van der Waals surface area contributed by atoms with E-state index >= 15 is 0 Å². The highest BCUT2D eigenvalue weighted by Gasteiger charge is 2.09. The van der Waals surface area contributed by atoms with Crippen LogP contribution in [0.1, 0.15) is 35.1 Å². The average Bonchev–Trinajstić information content (AvgIpc) is 2.41. The standard InChI is InChI=1S/C11H10O2S.2C2H6.CH4/c1-14(12,13)11-8-4-6-9-5-2-3-7-10(9)11;2*1-2;/h2-8H,1H3;2*1-2H3;1H4. The molecule has 0 aliphatic rings. The molecule has 0 N–H and O–H groups in total. The summed E-state index contributed by atoms with van der Waals surface area (Å²) < 4.78 is 22.9. The van der Waals surface area contributed by atoms with Crippen molar-refractivity contribution in [3.63, 3.8) is 0 Å². The van der Waals surface area contributed by atoms with Gasteiger partial charge in [0.1, 0.15) is 0 Å². The van der Waals surface area contributed by atoms with Gasteiger partial charge < -0.3 is 0 Å². The second-order valence-electron chi connectivity index (χ2n) is 3.25. The minimum atomic E-state index is -3.13. The molecular formula is C16H26O2S. The molecule has 0 atom stereocenters. The van der Waals surface area contributed by atoms with Gasteiger partial charge in [-0.15, -0.1) is 0 Å². The molecule has 0 saturated heterocycles. The predicted molar refractivity (Wildman–Crippen MR) is 86.5 cm³/mol. The van der Waals surface area contributed by atoms with E-state index in [-0.39, 0.29) is 7.43 Å². The quantitative estimate of drug-likeness (QED) is 0.743. The molecule has 2 rings (SSSR count). The molecule has 0 fully saturated rings. The predicted octanol–water partition coefficient (Wildman–Crippen LogP) is 4.93. The summed E-state index contributed by atoms with van der Waals surface area (Å²) in [5, 5.41) is 1.74. The average molecular weight is 282 g/mol. The van der Waals surface area contributed by atoms with Crippen molar-refractivity contribution in [2.24, 2.45) is 0 Å². The summed E-state index contributed by atoms with van der Waals surface area (Å²) in [4.78, 5) is 0.399. The fourth-order valence-electron chi connectivity index (χ4n) is 1.52. The number of fused-ring (bicyclic) bond motifs is 1. The van der Waals surface area contributed by atoms with Gasteiger partial charge in [0.2, 0.25) is 0 Å². The van der Waals surface area contributed by atoms with Crippen molar-refractivity contribution in [2.75, 3.05) is 6.26 Å². The van der Waals surface area contributed by atoms with Gasteiger partial charge in [-0.25, -0.2) is 8.42 Å². The van der Waals surface area contributed by atoms with Crippen molar-refractivity contribution in [1.82, 2.24) is 0 Å². The number of hydrogen-bond acceptors (Lipinski definition) is 2. The van der Waals surface area contributed by atoms with Gasteiger partial charge in [0.05, 0.1) is 4.90 Å². The van der Waals surface area contributed by atoms with E-state index in [0.717, 1.165) is 10.8 Å². The molecule has 108 valence electrons. The first-order valence-corrected chi connectivity index (χ1v) is 8.16. The van der Waals surface area contributed by atoms with E-state index in [1.807, 2.05) is 58.0 Å². The Hall–Kier alpha value is -1.35. The molecule has 3 heteroatoms. The Morgan fingerprint density at radius 2 is 1.26 bits per heavy atom. The van der Waals surface area contributed by atoms with E-state index in [9.17, 15) is 8.42 Å². The third kappa shape index (κ3) is 5.43. The summed E-state index contributed by atoms with van der Waals surface area (Å²) in [6, 6.07) is 12.8. The minimum Gasteiger partial charge on any atom is -0.224 e. The van der Waals surface area contributed by atoms with Gasteiger partial charge in [0, 0.05) is 11.6 Å². The first kappa shape index (κ1) is 20.0. The van der Waals surface area contributed by atoms with Crippen molar-refractivity contribution in [1.29, 1.82) is 0 Å². The fraction of sp³-hybridized carbons (Fsp3) is 0.375. The van der Waals surface area contributed by atoms with Crippen molar-refractivity contribution < 1.29 is 8.42 Å². The lowest BCUT2D eigenvalue weighted by molar-refractivity contribution is 0.602. The van der Waals surface area contributed by atoms with Gasteiger partial charge in [0.25, 0.3) is 0 Å². The highest BCUT2D eigenvalue weighted by atomic mass is 32.2. The van der Waals surface area contributed by atoms with E-state index in [1.165, 1.54) is 6.26 Å². The lowest BCUT2D eigenvalue weighted by Gasteiger charge is -2.03. The van der Waals surface area contributed by atoms with Crippen LogP contribution < -0.4 is 0 Å². The van der Waals surface area contributed by atoms with Crippen molar-refractivity contribution in [2.45, 2.75) is 40.0 Å². The van der Waals surface area contributed by atoms with E-state index in [2.05, 4.69) is 0 Å². The lowest BCUT2D eigenvalue weighted by atomic mass is 10.1. The molecule has 0 amide bonds. The Bertz CT molecular complexity index is 567. The van der Waals surface area contributed by atoms with E-state index in [4.69, 9.17) is 0 Å². The van der Waals surface area contributed by atoms with Crippen LogP contribution in [-0.2, 0) is 9.84 Å². The first-order chi connectivity index (χ1) is 8.59. The molecule has 0 bridgehead atoms. The van der Waals surface area contributed by atoms with Crippen LogP contribution >= 0.6 is 0 Å². The van der Waals surface area contributed by atoms with E-state index in [1.54, 1.807) is 12.1 Å².